The van der Waals surface area contributed by atoms with Gasteiger partial charge in [0.25, 0.3) is 0 Å². The van der Waals surface area contributed by atoms with Gasteiger partial charge in [-0.1, -0.05) is 6.92 Å². The summed E-state index contributed by atoms with van der Waals surface area (Å²) in [6.45, 7) is 5.72. The SMILES string of the molecule is CCC1CCCCN1C(=O)CCNCC1CCCO1. The van der Waals surface area contributed by atoms with Crippen LogP contribution < -0.4 is 5.32 Å². The number of hydrogen-bond acceptors (Lipinski definition) is 3. The molecular formula is C15H28N2O2. The molecule has 4 heteroatoms. The zero-order chi connectivity index (χ0) is 13.5. The molecule has 2 unspecified atom stereocenters. The third kappa shape index (κ3) is 4.46. The molecule has 4 nitrogen and oxygen atoms in total. The summed E-state index contributed by atoms with van der Waals surface area (Å²) in [6.07, 6.45) is 8.06. The van der Waals surface area contributed by atoms with Gasteiger partial charge in [-0.3, -0.25) is 4.79 Å². The Bertz CT molecular complexity index is 277. The van der Waals surface area contributed by atoms with E-state index in [1.807, 2.05) is 0 Å². The molecule has 0 bridgehead atoms. The Kier molecular flexibility index (Phi) is 6.11. The largest absolute Gasteiger partial charge is 0.377 e. The number of hydrogen-bond donors (Lipinski definition) is 1. The van der Waals surface area contributed by atoms with Gasteiger partial charge in [-0.05, 0) is 38.5 Å². The highest BCUT2D eigenvalue weighted by atomic mass is 16.5. The number of nitrogens with one attached hydrogen (secondary N) is 1. The minimum atomic E-state index is 0.325. The van der Waals surface area contributed by atoms with Crippen molar-refractivity contribution < 1.29 is 9.53 Å². The molecule has 0 aliphatic carbocycles. The predicted octanol–water partition coefficient (Wildman–Crippen LogP) is 1.94. The Balaban J connectivity index is 1.62. The van der Waals surface area contributed by atoms with Crippen LogP contribution in [0.15, 0.2) is 0 Å². The summed E-state index contributed by atoms with van der Waals surface area (Å²) in [5, 5.41) is 3.36. The van der Waals surface area contributed by atoms with Gasteiger partial charge in [0.15, 0.2) is 0 Å². The number of piperidine rings is 1. The molecule has 0 aromatic heterocycles. The van der Waals surface area contributed by atoms with Crippen LogP contribution in [0.5, 0.6) is 0 Å². The van der Waals surface area contributed by atoms with Crippen molar-refractivity contribution in [1.29, 1.82) is 0 Å². The maximum Gasteiger partial charge on any atom is 0.224 e. The average Bonchev–Trinajstić information content (AvgIpc) is 2.96. The van der Waals surface area contributed by atoms with Crippen LogP contribution in [0.1, 0.15) is 51.9 Å². The van der Waals surface area contributed by atoms with Crippen LogP contribution in [0.3, 0.4) is 0 Å². The van der Waals surface area contributed by atoms with Crippen LogP contribution in [0.25, 0.3) is 0 Å². The molecule has 0 aromatic carbocycles. The number of carbonyl (C=O) groups is 1. The van der Waals surface area contributed by atoms with Gasteiger partial charge in [0.05, 0.1) is 6.10 Å². The molecule has 0 saturated carbocycles. The van der Waals surface area contributed by atoms with Crippen molar-refractivity contribution in [3.05, 3.63) is 0 Å². The minimum absolute atomic E-state index is 0.325. The number of nitrogens with zero attached hydrogens (tertiary/aromatic N) is 1. The summed E-state index contributed by atoms with van der Waals surface area (Å²) >= 11 is 0. The van der Waals surface area contributed by atoms with E-state index in [1.54, 1.807) is 0 Å². The summed E-state index contributed by atoms with van der Waals surface area (Å²) in [5.41, 5.74) is 0. The average molecular weight is 268 g/mol. The minimum Gasteiger partial charge on any atom is -0.377 e. The highest BCUT2D eigenvalue weighted by molar-refractivity contribution is 5.76. The fourth-order valence-corrected chi connectivity index (χ4v) is 3.16. The van der Waals surface area contributed by atoms with Gasteiger partial charge in [0, 0.05) is 38.7 Å². The van der Waals surface area contributed by atoms with E-state index in [1.165, 1.54) is 25.7 Å². The van der Waals surface area contributed by atoms with E-state index in [9.17, 15) is 4.79 Å². The number of rotatable bonds is 6. The van der Waals surface area contributed by atoms with Crippen molar-refractivity contribution in [3.63, 3.8) is 0 Å². The van der Waals surface area contributed by atoms with Crippen molar-refractivity contribution in [2.24, 2.45) is 0 Å². The van der Waals surface area contributed by atoms with E-state index in [0.29, 0.717) is 24.5 Å². The lowest BCUT2D eigenvalue weighted by Gasteiger charge is -2.35. The lowest BCUT2D eigenvalue weighted by atomic mass is 9.99. The third-order valence-corrected chi connectivity index (χ3v) is 4.33. The van der Waals surface area contributed by atoms with E-state index >= 15 is 0 Å². The molecule has 2 fully saturated rings. The molecular weight excluding hydrogens is 240 g/mol. The van der Waals surface area contributed by atoms with Gasteiger partial charge >= 0.3 is 0 Å². The van der Waals surface area contributed by atoms with Crippen LogP contribution in [-0.4, -0.2) is 49.2 Å². The Morgan fingerprint density at radius 2 is 2.21 bits per heavy atom. The third-order valence-electron chi connectivity index (χ3n) is 4.33. The summed E-state index contributed by atoms with van der Waals surface area (Å²) in [7, 11) is 0. The molecule has 2 heterocycles. The first-order valence-corrected chi connectivity index (χ1v) is 7.93. The van der Waals surface area contributed by atoms with Crippen molar-refractivity contribution in [1.82, 2.24) is 10.2 Å². The fraction of sp³-hybridized carbons (Fsp3) is 0.933. The normalized spacial score (nSPS) is 27.7. The second-order valence-corrected chi connectivity index (χ2v) is 5.73. The predicted molar refractivity (Wildman–Crippen MR) is 76.1 cm³/mol. The summed E-state index contributed by atoms with van der Waals surface area (Å²) in [4.78, 5) is 14.3. The summed E-state index contributed by atoms with van der Waals surface area (Å²) < 4.78 is 5.55. The quantitative estimate of drug-likeness (QED) is 0.749. The zero-order valence-electron chi connectivity index (χ0n) is 12.2. The van der Waals surface area contributed by atoms with Gasteiger partial charge < -0.3 is 15.0 Å². The molecule has 0 aromatic rings. The maximum absolute atomic E-state index is 12.2. The van der Waals surface area contributed by atoms with Crippen LogP contribution >= 0.6 is 0 Å². The molecule has 2 atom stereocenters. The van der Waals surface area contributed by atoms with Crippen LogP contribution in [0.4, 0.5) is 0 Å². The lowest BCUT2D eigenvalue weighted by molar-refractivity contribution is -0.134. The van der Waals surface area contributed by atoms with Crippen LogP contribution in [0.2, 0.25) is 0 Å². The van der Waals surface area contributed by atoms with Gasteiger partial charge in [-0.25, -0.2) is 0 Å². The number of carbonyl (C=O) groups excluding carboxylic acids is 1. The molecule has 2 aliphatic rings. The highest BCUT2D eigenvalue weighted by Crippen LogP contribution is 2.20. The topological polar surface area (TPSA) is 41.6 Å². The smallest absolute Gasteiger partial charge is 0.224 e. The van der Waals surface area contributed by atoms with Crippen LogP contribution in [0, 0.1) is 0 Å². The number of likely N-dealkylation sites (tertiary alicyclic amines) is 1. The van der Waals surface area contributed by atoms with E-state index < -0.39 is 0 Å². The van der Waals surface area contributed by atoms with E-state index in [4.69, 9.17) is 4.74 Å². The summed E-state index contributed by atoms with van der Waals surface area (Å²) in [5.74, 6) is 0.325. The standard InChI is InChI=1S/C15H28N2O2/c1-2-13-6-3-4-10-17(13)15(18)8-9-16-12-14-7-5-11-19-14/h13-14,16H,2-12H2,1H3. The van der Waals surface area contributed by atoms with E-state index in [-0.39, 0.29) is 0 Å². The Hall–Kier alpha value is -0.610. The maximum atomic E-state index is 12.2. The summed E-state index contributed by atoms with van der Waals surface area (Å²) in [6, 6.07) is 0.486. The highest BCUT2D eigenvalue weighted by Gasteiger charge is 2.24. The van der Waals surface area contributed by atoms with Gasteiger partial charge in [-0.2, -0.15) is 0 Å². The van der Waals surface area contributed by atoms with Gasteiger partial charge in [-0.15, -0.1) is 0 Å². The number of ether oxygens (including phenoxy) is 1. The monoisotopic (exact) mass is 268 g/mol. The molecule has 0 radical (unpaired) electrons. The lowest BCUT2D eigenvalue weighted by Crippen LogP contribution is -2.44. The van der Waals surface area contributed by atoms with Gasteiger partial charge in [0.2, 0.25) is 5.91 Å². The van der Waals surface area contributed by atoms with Gasteiger partial charge in [0.1, 0.15) is 0 Å². The zero-order valence-corrected chi connectivity index (χ0v) is 12.2. The molecule has 110 valence electrons. The first-order chi connectivity index (χ1) is 9.31. The fourth-order valence-electron chi connectivity index (χ4n) is 3.16. The van der Waals surface area contributed by atoms with E-state index in [0.717, 1.165) is 39.1 Å². The first kappa shape index (κ1) is 14.8. The first-order valence-electron chi connectivity index (χ1n) is 7.93. The van der Waals surface area contributed by atoms with Crippen LogP contribution in [-0.2, 0) is 9.53 Å². The Labute approximate surface area is 116 Å². The Morgan fingerprint density at radius 1 is 1.32 bits per heavy atom. The molecule has 2 aliphatic heterocycles. The van der Waals surface area contributed by atoms with Crippen molar-refractivity contribution in [2.75, 3.05) is 26.2 Å². The molecule has 1 N–H and O–H groups in total. The number of amides is 1. The van der Waals surface area contributed by atoms with Crippen molar-refractivity contribution >= 4 is 5.91 Å². The molecule has 19 heavy (non-hydrogen) atoms. The Morgan fingerprint density at radius 3 is 2.95 bits per heavy atom. The van der Waals surface area contributed by atoms with Crippen molar-refractivity contribution in [2.45, 2.75) is 64.0 Å². The van der Waals surface area contributed by atoms with Crippen molar-refractivity contribution in [3.8, 4) is 0 Å². The second kappa shape index (κ2) is 7.85. The second-order valence-electron chi connectivity index (χ2n) is 5.73. The molecule has 0 spiro atoms. The molecule has 2 saturated heterocycles. The molecule has 2 rings (SSSR count). The molecule has 1 amide bonds. The van der Waals surface area contributed by atoms with E-state index in [2.05, 4.69) is 17.1 Å².